The van der Waals surface area contributed by atoms with Crippen molar-refractivity contribution in [2.24, 2.45) is 4.99 Å². The Morgan fingerprint density at radius 3 is 2.73 bits per heavy atom. The standard InChI is InChI=1S/C19H31ClN4O2/c1-21-19(22-14-15-5-6-16(20)13-18(15)26-3)23-17-7-10-24(11-8-17)9-4-12-25-2/h5-6,13,17H,4,7-12,14H2,1-3H3,(H2,21,22,23). The molecule has 1 aliphatic heterocycles. The third-order valence-corrected chi connectivity index (χ3v) is 4.91. The second-order valence-electron chi connectivity index (χ2n) is 6.49. The number of piperidine rings is 1. The molecule has 7 heteroatoms. The van der Waals surface area contributed by atoms with Gasteiger partial charge < -0.3 is 25.0 Å². The second kappa shape index (κ2) is 11.3. The van der Waals surface area contributed by atoms with Crippen molar-refractivity contribution in [2.45, 2.75) is 31.8 Å². The molecule has 6 nitrogen and oxygen atoms in total. The smallest absolute Gasteiger partial charge is 0.191 e. The molecule has 146 valence electrons. The molecule has 0 bridgehead atoms. The zero-order valence-electron chi connectivity index (χ0n) is 16.1. The average molecular weight is 383 g/mol. The van der Waals surface area contributed by atoms with Crippen LogP contribution in [0.1, 0.15) is 24.8 Å². The van der Waals surface area contributed by atoms with Crippen molar-refractivity contribution in [1.82, 2.24) is 15.5 Å². The average Bonchev–Trinajstić information content (AvgIpc) is 2.67. The molecule has 0 unspecified atom stereocenters. The van der Waals surface area contributed by atoms with E-state index in [-0.39, 0.29) is 0 Å². The van der Waals surface area contributed by atoms with E-state index in [2.05, 4.69) is 20.5 Å². The summed E-state index contributed by atoms with van der Waals surface area (Å²) in [6.45, 7) is 4.81. The van der Waals surface area contributed by atoms with Crippen LogP contribution in [0.2, 0.25) is 5.02 Å². The monoisotopic (exact) mass is 382 g/mol. The number of nitrogens with zero attached hydrogens (tertiary/aromatic N) is 2. The number of aliphatic imine (C=N–C) groups is 1. The molecule has 1 aliphatic rings. The molecule has 2 rings (SSSR count). The highest BCUT2D eigenvalue weighted by atomic mass is 35.5. The first kappa shape index (κ1) is 20.8. The summed E-state index contributed by atoms with van der Waals surface area (Å²) in [6.07, 6.45) is 3.34. The molecule has 0 aliphatic carbocycles. The lowest BCUT2D eigenvalue weighted by Gasteiger charge is -2.33. The van der Waals surface area contributed by atoms with E-state index in [4.69, 9.17) is 21.1 Å². The molecule has 1 saturated heterocycles. The van der Waals surface area contributed by atoms with Crippen molar-refractivity contribution in [3.63, 3.8) is 0 Å². The molecule has 0 amide bonds. The van der Waals surface area contributed by atoms with Gasteiger partial charge in [-0.2, -0.15) is 0 Å². The maximum absolute atomic E-state index is 6.02. The zero-order valence-corrected chi connectivity index (χ0v) is 16.8. The number of halogens is 1. The predicted molar refractivity (Wildman–Crippen MR) is 107 cm³/mol. The zero-order chi connectivity index (χ0) is 18.8. The maximum Gasteiger partial charge on any atom is 0.191 e. The van der Waals surface area contributed by atoms with Gasteiger partial charge in [0.2, 0.25) is 0 Å². The van der Waals surface area contributed by atoms with E-state index < -0.39 is 0 Å². The maximum atomic E-state index is 6.02. The highest BCUT2D eigenvalue weighted by Gasteiger charge is 2.19. The molecule has 0 aromatic heterocycles. The Balaban J connectivity index is 1.77. The highest BCUT2D eigenvalue weighted by molar-refractivity contribution is 6.30. The van der Waals surface area contributed by atoms with Crippen LogP contribution in [0.4, 0.5) is 0 Å². The van der Waals surface area contributed by atoms with Gasteiger partial charge in [0.1, 0.15) is 5.75 Å². The van der Waals surface area contributed by atoms with Gasteiger partial charge in [0.05, 0.1) is 7.11 Å². The number of ether oxygens (including phenoxy) is 2. The normalized spacial score (nSPS) is 16.5. The summed E-state index contributed by atoms with van der Waals surface area (Å²) >= 11 is 6.02. The molecule has 0 saturated carbocycles. The van der Waals surface area contributed by atoms with E-state index in [1.807, 2.05) is 18.2 Å². The fourth-order valence-corrected chi connectivity index (χ4v) is 3.33. The summed E-state index contributed by atoms with van der Waals surface area (Å²) in [5.41, 5.74) is 1.05. The van der Waals surface area contributed by atoms with Crippen LogP contribution >= 0.6 is 11.6 Å². The number of benzene rings is 1. The molecule has 2 N–H and O–H groups in total. The molecule has 26 heavy (non-hydrogen) atoms. The summed E-state index contributed by atoms with van der Waals surface area (Å²) in [5, 5.41) is 7.57. The van der Waals surface area contributed by atoms with Gasteiger partial charge in [0, 0.05) is 63.6 Å². The fourth-order valence-electron chi connectivity index (χ4n) is 3.16. The van der Waals surface area contributed by atoms with Gasteiger partial charge in [-0.15, -0.1) is 0 Å². The van der Waals surface area contributed by atoms with Gasteiger partial charge in [0.15, 0.2) is 5.96 Å². The van der Waals surface area contributed by atoms with Gasteiger partial charge in [-0.3, -0.25) is 4.99 Å². The van der Waals surface area contributed by atoms with Crippen molar-refractivity contribution in [2.75, 3.05) is 47.5 Å². The Hall–Kier alpha value is -1.50. The topological polar surface area (TPSA) is 58.1 Å². The lowest BCUT2D eigenvalue weighted by molar-refractivity contribution is 0.155. The molecular formula is C19H31ClN4O2. The summed E-state index contributed by atoms with van der Waals surface area (Å²) in [7, 11) is 5.21. The van der Waals surface area contributed by atoms with E-state index in [9.17, 15) is 0 Å². The van der Waals surface area contributed by atoms with Crippen molar-refractivity contribution in [3.05, 3.63) is 28.8 Å². The van der Waals surface area contributed by atoms with E-state index in [0.29, 0.717) is 17.6 Å². The highest BCUT2D eigenvalue weighted by Crippen LogP contribution is 2.22. The summed E-state index contributed by atoms with van der Waals surface area (Å²) < 4.78 is 10.5. The second-order valence-corrected chi connectivity index (χ2v) is 6.92. The molecule has 1 fully saturated rings. The Bertz CT molecular complexity index is 575. The molecule has 1 aromatic rings. The fraction of sp³-hybridized carbons (Fsp3) is 0.632. The van der Waals surface area contributed by atoms with Crippen molar-refractivity contribution in [3.8, 4) is 5.75 Å². The first-order chi connectivity index (χ1) is 12.7. The first-order valence-electron chi connectivity index (χ1n) is 9.17. The minimum Gasteiger partial charge on any atom is -0.496 e. The molecule has 1 heterocycles. The summed E-state index contributed by atoms with van der Waals surface area (Å²) in [5.74, 6) is 1.60. The minimum absolute atomic E-state index is 0.451. The number of methoxy groups -OCH3 is 2. The van der Waals surface area contributed by atoms with Crippen LogP contribution < -0.4 is 15.4 Å². The molecule has 0 spiro atoms. The number of guanidine groups is 1. The van der Waals surface area contributed by atoms with Crippen molar-refractivity contribution >= 4 is 17.6 Å². The quantitative estimate of drug-likeness (QED) is 0.411. The minimum atomic E-state index is 0.451. The van der Waals surface area contributed by atoms with E-state index in [1.165, 1.54) is 0 Å². The third kappa shape index (κ3) is 6.67. The van der Waals surface area contributed by atoms with Crippen LogP contribution in [0.25, 0.3) is 0 Å². The van der Waals surface area contributed by atoms with Crippen molar-refractivity contribution in [1.29, 1.82) is 0 Å². The Kier molecular flexibility index (Phi) is 9.01. The first-order valence-corrected chi connectivity index (χ1v) is 9.55. The third-order valence-electron chi connectivity index (χ3n) is 4.67. The summed E-state index contributed by atoms with van der Waals surface area (Å²) in [4.78, 5) is 6.85. The van der Waals surface area contributed by atoms with E-state index in [0.717, 1.165) is 62.8 Å². The van der Waals surface area contributed by atoms with E-state index in [1.54, 1.807) is 21.3 Å². The van der Waals surface area contributed by atoms with Crippen LogP contribution in [0, 0.1) is 0 Å². The number of hydrogen-bond acceptors (Lipinski definition) is 4. The van der Waals surface area contributed by atoms with Gasteiger partial charge in [-0.1, -0.05) is 17.7 Å². The Morgan fingerprint density at radius 2 is 2.08 bits per heavy atom. The van der Waals surface area contributed by atoms with Crippen LogP contribution in [0.15, 0.2) is 23.2 Å². The number of hydrogen-bond donors (Lipinski definition) is 2. The number of rotatable bonds is 8. The SMILES string of the molecule is CN=C(NCc1ccc(Cl)cc1OC)NC1CCN(CCCOC)CC1. The van der Waals surface area contributed by atoms with Gasteiger partial charge in [0.25, 0.3) is 0 Å². The van der Waals surface area contributed by atoms with Crippen LogP contribution in [-0.4, -0.2) is 64.4 Å². The van der Waals surface area contributed by atoms with Crippen molar-refractivity contribution < 1.29 is 9.47 Å². The number of likely N-dealkylation sites (tertiary alicyclic amines) is 1. The lowest BCUT2D eigenvalue weighted by Crippen LogP contribution is -2.48. The van der Waals surface area contributed by atoms with Crippen LogP contribution in [0.3, 0.4) is 0 Å². The Morgan fingerprint density at radius 1 is 1.31 bits per heavy atom. The largest absolute Gasteiger partial charge is 0.496 e. The number of nitrogens with one attached hydrogen (secondary N) is 2. The molecular weight excluding hydrogens is 352 g/mol. The molecule has 0 atom stereocenters. The summed E-state index contributed by atoms with van der Waals surface area (Å²) in [6, 6.07) is 6.12. The van der Waals surface area contributed by atoms with Crippen LogP contribution in [0.5, 0.6) is 5.75 Å². The van der Waals surface area contributed by atoms with Crippen LogP contribution in [-0.2, 0) is 11.3 Å². The predicted octanol–water partition coefficient (Wildman–Crippen LogP) is 2.51. The molecule has 1 aromatic carbocycles. The lowest BCUT2D eigenvalue weighted by atomic mass is 10.1. The van der Waals surface area contributed by atoms with Gasteiger partial charge in [-0.05, 0) is 31.4 Å². The van der Waals surface area contributed by atoms with Gasteiger partial charge >= 0.3 is 0 Å². The Labute approximate surface area is 161 Å². The molecule has 0 radical (unpaired) electrons. The van der Waals surface area contributed by atoms with E-state index >= 15 is 0 Å². The van der Waals surface area contributed by atoms with Gasteiger partial charge in [-0.25, -0.2) is 0 Å².